The van der Waals surface area contributed by atoms with Crippen molar-refractivity contribution in [1.82, 2.24) is 9.78 Å². The molecule has 1 aromatic heterocycles. The van der Waals surface area contributed by atoms with Crippen LogP contribution in [0.1, 0.15) is 17.0 Å². The summed E-state index contributed by atoms with van der Waals surface area (Å²) in [5, 5.41) is 13.6. The lowest BCUT2D eigenvalue weighted by molar-refractivity contribution is 0.299. The molecule has 3 nitrogen and oxygen atoms in total. The van der Waals surface area contributed by atoms with Crippen molar-refractivity contribution in [2.24, 2.45) is 0 Å². The zero-order valence-corrected chi connectivity index (χ0v) is 12.1. The van der Waals surface area contributed by atoms with Gasteiger partial charge in [0.15, 0.2) is 0 Å². The minimum absolute atomic E-state index is 0.167. The lowest BCUT2D eigenvalue weighted by Crippen LogP contribution is -2.00. The largest absolute Gasteiger partial charge is 0.396 e. The molecule has 0 saturated heterocycles. The van der Waals surface area contributed by atoms with Crippen LogP contribution in [0, 0.1) is 17.4 Å². The lowest BCUT2D eigenvalue weighted by atomic mass is 10.1. The molecule has 0 spiro atoms. The maximum absolute atomic E-state index is 9.05. The zero-order valence-electron chi connectivity index (χ0n) is 9.94. The molecule has 1 N–H and O–H groups in total. The Morgan fingerprint density at radius 3 is 2.47 bits per heavy atom. The van der Waals surface area contributed by atoms with Crippen molar-refractivity contribution in [3.8, 4) is 5.69 Å². The summed E-state index contributed by atoms with van der Waals surface area (Å²) < 4.78 is 3.15. The normalized spacial score (nSPS) is 10.8. The molecule has 90 valence electrons. The van der Waals surface area contributed by atoms with E-state index in [0.717, 1.165) is 22.6 Å². The van der Waals surface area contributed by atoms with E-state index in [0.29, 0.717) is 6.42 Å². The van der Waals surface area contributed by atoms with Crippen LogP contribution in [0.25, 0.3) is 5.69 Å². The SMILES string of the molecule is Cc1nn(-c2ccc(I)cc2)c(C)c1CCO. The minimum atomic E-state index is 0.167. The summed E-state index contributed by atoms with van der Waals surface area (Å²) >= 11 is 2.29. The third kappa shape index (κ3) is 2.52. The Morgan fingerprint density at radius 1 is 1.24 bits per heavy atom. The molecule has 0 aliphatic rings. The second-order valence-electron chi connectivity index (χ2n) is 4.01. The Kier molecular flexibility index (Phi) is 3.83. The van der Waals surface area contributed by atoms with Gasteiger partial charge in [-0.1, -0.05) is 0 Å². The Bertz CT molecular complexity index is 517. The van der Waals surface area contributed by atoms with E-state index >= 15 is 0 Å². The van der Waals surface area contributed by atoms with Gasteiger partial charge in [-0.15, -0.1) is 0 Å². The Morgan fingerprint density at radius 2 is 1.88 bits per heavy atom. The van der Waals surface area contributed by atoms with Gasteiger partial charge in [-0.05, 0) is 72.7 Å². The van der Waals surface area contributed by atoms with E-state index < -0.39 is 0 Å². The summed E-state index contributed by atoms with van der Waals surface area (Å²) in [5.41, 5.74) is 4.31. The molecule has 2 aromatic rings. The molecule has 0 saturated carbocycles. The van der Waals surface area contributed by atoms with Crippen LogP contribution >= 0.6 is 22.6 Å². The summed E-state index contributed by atoms with van der Waals surface area (Å²) in [4.78, 5) is 0. The maximum Gasteiger partial charge on any atom is 0.0649 e. The average molecular weight is 342 g/mol. The highest BCUT2D eigenvalue weighted by Gasteiger charge is 2.11. The third-order valence-corrected chi connectivity index (χ3v) is 3.59. The molecule has 4 heteroatoms. The van der Waals surface area contributed by atoms with Gasteiger partial charge in [0.1, 0.15) is 0 Å². The van der Waals surface area contributed by atoms with Crippen LogP contribution in [-0.2, 0) is 6.42 Å². The quantitative estimate of drug-likeness (QED) is 0.871. The summed E-state index contributed by atoms with van der Waals surface area (Å²) in [6.07, 6.45) is 0.669. The number of aliphatic hydroxyl groups excluding tert-OH is 1. The molecule has 0 unspecified atom stereocenters. The molecule has 0 atom stereocenters. The molecule has 17 heavy (non-hydrogen) atoms. The predicted octanol–water partition coefficient (Wildman–Crippen LogP) is 2.63. The van der Waals surface area contributed by atoms with E-state index in [-0.39, 0.29) is 6.61 Å². The number of nitrogens with zero attached hydrogens (tertiary/aromatic N) is 2. The molecule has 0 bridgehead atoms. The summed E-state index contributed by atoms with van der Waals surface area (Å²) in [6.45, 7) is 4.20. The fourth-order valence-electron chi connectivity index (χ4n) is 1.98. The Hall–Kier alpha value is -0.880. The van der Waals surface area contributed by atoms with Gasteiger partial charge in [-0.2, -0.15) is 5.10 Å². The number of aryl methyl sites for hydroxylation is 1. The standard InChI is InChI=1S/C13H15IN2O/c1-9-13(7-8-17)10(2)16(15-9)12-5-3-11(14)4-6-12/h3-6,17H,7-8H2,1-2H3. The van der Waals surface area contributed by atoms with E-state index in [4.69, 9.17) is 5.11 Å². The maximum atomic E-state index is 9.05. The number of aliphatic hydroxyl groups is 1. The van der Waals surface area contributed by atoms with Crippen molar-refractivity contribution >= 4 is 22.6 Å². The minimum Gasteiger partial charge on any atom is -0.396 e. The highest BCUT2D eigenvalue weighted by molar-refractivity contribution is 14.1. The van der Waals surface area contributed by atoms with Crippen molar-refractivity contribution in [1.29, 1.82) is 0 Å². The molecule has 0 fully saturated rings. The first-order chi connectivity index (χ1) is 8.13. The molecule has 2 rings (SSSR count). The second-order valence-corrected chi connectivity index (χ2v) is 5.26. The van der Waals surface area contributed by atoms with E-state index in [9.17, 15) is 0 Å². The van der Waals surface area contributed by atoms with E-state index in [1.807, 2.05) is 18.5 Å². The average Bonchev–Trinajstić information content (AvgIpc) is 2.59. The topological polar surface area (TPSA) is 38.0 Å². The molecule has 0 radical (unpaired) electrons. The highest BCUT2D eigenvalue weighted by atomic mass is 127. The monoisotopic (exact) mass is 342 g/mol. The molecule has 0 aliphatic heterocycles. The van der Waals surface area contributed by atoms with E-state index in [2.05, 4.69) is 52.0 Å². The van der Waals surface area contributed by atoms with Crippen LogP contribution in [0.15, 0.2) is 24.3 Å². The van der Waals surface area contributed by atoms with Crippen LogP contribution in [-0.4, -0.2) is 21.5 Å². The number of aromatic nitrogens is 2. The van der Waals surface area contributed by atoms with Crippen LogP contribution < -0.4 is 0 Å². The number of rotatable bonds is 3. The third-order valence-electron chi connectivity index (χ3n) is 2.87. The van der Waals surface area contributed by atoms with Crippen LogP contribution in [0.3, 0.4) is 0 Å². The zero-order chi connectivity index (χ0) is 12.4. The smallest absolute Gasteiger partial charge is 0.0649 e. The number of halogens is 1. The van der Waals surface area contributed by atoms with E-state index in [1.165, 1.54) is 3.57 Å². The Labute approximate surface area is 115 Å². The predicted molar refractivity (Wildman–Crippen MR) is 76.5 cm³/mol. The molecular weight excluding hydrogens is 327 g/mol. The Balaban J connectivity index is 2.46. The van der Waals surface area contributed by atoms with Crippen molar-refractivity contribution in [2.45, 2.75) is 20.3 Å². The van der Waals surface area contributed by atoms with Gasteiger partial charge in [-0.25, -0.2) is 4.68 Å². The molecule has 1 heterocycles. The summed E-state index contributed by atoms with van der Waals surface area (Å²) in [6, 6.07) is 8.25. The number of hydrogen-bond donors (Lipinski definition) is 1. The van der Waals surface area contributed by atoms with Gasteiger partial charge in [0.05, 0.1) is 11.4 Å². The fraction of sp³-hybridized carbons (Fsp3) is 0.308. The van der Waals surface area contributed by atoms with Crippen molar-refractivity contribution in [3.05, 3.63) is 44.8 Å². The molecule has 1 aromatic carbocycles. The van der Waals surface area contributed by atoms with E-state index in [1.54, 1.807) is 0 Å². The highest BCUT2D eigenvalue weighted by Crippen LogP contribution is 2.19. The number of hydrogen-bond acceptors (Lipinski definition) is 2. The molecular formula is C13H15IN2O. The first-order valence-electron chi connectivity index (χ1n) is 5.55. The van der Waals surface area contributed by atoms with Crippen LogP contribution in [0.5, 0.6) is 0 Å². The van der Waals surface area contributed by atoms with Gasteiger partial charge < -0.3 is 5.11 Å². The van der Waals surface area contributed by atoms with Crippen molar-refractivity contribution < 1.29 is 5.11 Å². The first-order valence-corrected chi connectivity index (χ1v) is 6.63. The summed E-state index contributed by atoms with van der Waals surface area (Å²) in [7, 11) is 0. The van der Waals surface area contributed by atoms with Gasteiger partial charge in [0, 0.05) is 15.9 Å². The number of benzene rings is 1. The second kappa shape index (κ2) is 5.18. The lowest BCUT2D eigenvalue weighted by Gasteiger charge is -2.05. The van der Waals surface area contributed by atoms with Gasteiger partial charge >= 0.3 is 0 Å². The van der Waals surface area contributed by atoms with Crippen molar-refractivity contribution in [3.63, 3.8) is 0 Å². The van der Waals surface area contributed by atoms with Crippen LogP contribution in [0.4, 0.5) is 0 Å². The first kappa shape index (κ1) is 12.6. The molecule has 0 aliphatic carbocycles. The van der Waals surface area contributed by atoms with Gasteiger partial charge in [-0.3, -0.25) is 0 Å². The van der Waals surface area contributed by atoms with Crippen molar-refractivity contribution in [2.75, 3.05) is 6.61 Å². The summed E-state index contributed by atoms with van der Waals surface area (Å²) in [5.74, 6) is 0. The van der Waals surface area contributed by atoms with Gasteiger partial charge in [0.2, 0.25) is 0 Å². The molecule has 0 amide bonds. The fourth-order valence-corrected chi connectivity index (χ4v) is 2.34. The van der Waals surface area contributed by atoms with Gasteiger partial charge in [0.25, 0.3) is 0 Å². The van der Waals surface area contributed by atoms with Crippen LogP contribution in [0.2, 0.25) is 0 Å².